The molecule has 0 saturated heterocycles. The van der Waals surface area contributed by atoms with Gasteiger partial charge in [0, 0.05) is 24.2 Å². The van der Waals surface area contributed by atoms with Gasteiger partial charge in [0.2, 0.25) is 0 Å². The zero-order valence-electron chi connectivity index (χ0n) is 15.5. The Kier molecular flexibility index (Phi) is 5.90. The molecular formula is C18H25N3O4. The summed E-state index contributed by atoms with van der Waals surface area (Å²) >= 11 is 0. The highest BCUT2D eigenvalue weighted by molar-refractivity contribution is 6.06. The van der Waals surface area contributed by atoms with Crippen LogP contribution in [-0.2, 0) is 6.54 Å². The molecule has 1 aromatic heterocycles. The molecule has 25 heavy (non-hydrogen) atoms. The zero-order valence-corrected chi connectivity index (χ0v) is 15.5. The number of rotatable bonds is 7. The molecule has 136 valence electrons. The molecule has 1 heterocycles. The highest BCUT2D eigenvalue weighted by Gasteiger charge is 2.20. The van der Waals surface area contributed by atoms with Crippen LogP contribution in [0.5, 0.6) is 17.2 Å². The van der Waals surface area contributed by atoms with Crippen molar-refractivity contribution in [2.45, 2.75) is 27.3 Å². The van der Waals surface area contributed by atoms with E-state index in [-0.39, 0.29) is 5.91 Å². The van der Waals surface area contributed by atoms with Crippen LogP contribution in [0.3, 0.4) is 0 Å². The van der Waals surface area contributed by atoms with E-state index in [1.54, 1.807) is 23.0 Å². The third kappa shape index (κ3) is 4.04. The minimum atomic E-state index is -0.300. The first kappa shape index (κ1) is 18.6. The lowest BCUT2D eigenvalue weighted by Gasteiger charge is -2.15. The minimum absolute atomic E-state index is 0.300. The second-order valence-corrected chi connectivity index (χ2v) is 6.11. The Balaban J connectivity index is 2.37. The fraction of sp³-hybridized carbons (Fsp3) is 0.444. The van der Waals surface area contributed by atoms with Crippen molar-refractivity contribution in [3.05, 3.63) is 29.5 Å². The van der Waals surface area contributed by atoms with Crippen LogP contribution in [-0.4, -0.2) is 37.0 Å². The molecule has 0 bridgehead atoms. The van der Waals surface area contributed by atoms with Crippen LogP contribution in [0.4, 0.5) is 5.82 Å². The van der Waals surface area contributed by atoms with Gasteiger partial charge in [-0.05, 0) is 12.8 Å². The maximum atomic E-state index is 12.8. The number of aromatic nitrogens is 2. The van der Waals surface area contributed by atoms with Gasteiger partial charge in [0.25, 0.3) is 5.91 Å². The van der Waals surface area contributed by atoms with Crippen molar-refractivity contribution in [2.75, 3.05) is 26.6 Å². The van der Waals surface area contributed by atoms with Crippen molar-refractivity contribution in [3.8, 4) is 17.2 Å². The zero-order chi connectivity index (χ0) is 18.6. The molecule has 1 amide bonds. The molecule has 0 unspecified atom stereocenters. The largest absolute Gasteiger partial charge is 0.496 e. The van der Waals surface area contributed by atoms with Gasteiger partial charge in [0.1, 0.15) is 11.6 Å². The second-order valence-electron chi connectivity index (χ2n) is 6.11. The average Bonchev–Trinajstić information content (AvgIpc) is 2.92. The van der Waals surface area contributed by atoms with Crippen molar-refractivity contribution in [1.82, 2.24) is 9.78 Å². The van der Waals surface area contributed by atoms with E-state index in [9.17, 15) is 4.79 Å². The molecule has 0 radical (unpaired) electrons. The minimum Gasteiger partial charge on any atom is -0.496 e. The Morgan fingerprint density at radius 3 is 2.28 bits per heavy atom. The molecule has 0 atom stereocenters. The number of benzene rings is 1. The predicted octanol–water partition coefficient (Wildman–Crippen LogP) is 3.13. The average molecular weight is 347 g/mol. The number of hydrogen-bond acceptors (Lipinski definition) is 5. The first-order valence-electron chi connectivity index (χ1n) is 8.05. The van der Waals surface area contributed by atoms with Crippen LogP contribution in [0.25, 0.3) is 0 Å². The molecule has 2 rings (SSSR count). The number of nitrogens with zero attached hydrogens (tertiary/aromatic N) is 2. The molecule has 7 heteroatoms. The van der Waals surface area contributed by atoms with Gasteiger partial charge in [-0.2, -0.15) is 5.10 Å². The van der Waals surface area contributed by atoms with E-state index in [2.05, 4.69) is 24.3 Å². The van der Waals surface area contributed by atoms with Crippen molar-refractivity contribution in [1.29, 1.82) is 0 Å². The first-order chi connectivity index (χ1) is 11.9. The van der Waals surface area contributed by atoms with E-state index in [1.165, 1.54) is 21.3 Å². The fourth-order valence-electron chi connectivity index (χ4n) is 2.51. The molecule has 0 spiro atoms. The summed E-state index contributed by atoms with van der Waals surface area (Å²) in [4.78, 5) is 12.8. The standard InChI is InChI=1S/C18H25N3O4/c1-11(2)10-21-17(12(3)9-19-21)20-18(22)13-7-15(24-5)16(25-6)8-14(13)23-4/h7-9,11H,10H2,1-6H3,(H,20,22). The Labute approximate surface area is 147 Å². The summed E-state index contributed by atoms with van der Waals surface area (Å²) in [6, 6.07) is 3.23. The molecule has 1 aromatic carbocycles. The van der Waals surface area contributed by atoms with Crippen molar-refractivity contribution in [2.24, 2.45) is 5.92 Å². The lowest BCUT2D eigenvalue weighted by molar-refractivity contribution is 0.102. The topological polar surface area (TPSA) is 74.6 Å². The van der Waals surface area contributed by atoms with Gasteiger partial charge in [0.15, 0.2) is 11.5 Å². The van der Waals surface area contributed by atoms with Gasteiger partial charge in [-0.1, -0.05) is 13.8 Å². The monoisotopic (exact) mass is 347 g/mol. The number of carbonyl (C=O) groups is 1. The Hall–Kier alpha value is -2.70. The van der Waals surface area contributed by atoms with Crippen LogP contribution in [0.15, 0.2) is 18.3 Å². The van der Waals surface area contributed by atoms with Crippen molar-refractivity contribution >= 4 is 11.7 Å². The number of anilines is 1. The van der Waals surface area contributed by atoms with Crippen LogP contribution in [0.1, 0.15) is 29.8 Å². The summed E-state index contributed by atoms with van der Waals surface area (Å²) < 4.78 is 17.7. The summed E-state index contributed by atoms with van der Waals surface area (Å²) in [6.45, 7) is 6.82. The molecule has 7 nitrogen and oxygen atoms in total. The maximum absolute atomic E-state index is 12.8. The summed E-state index contributed by atoms with van der Waals surface area (Å²) in [5.41, 5.74) is 1.25. The third-order valence-corrected chi connectivity index (χ3v) is 3.74. The summed E-state index contributed by atoms with van der Waals surface area (Å²) in [6.07, 6.45) is 1.74. The number of amides is 1. The number of ether oxygens (including phenoxy) is 3. The Bertz CT molecular complexity index is 753. The van der Waals surface area contributed by atoms with E-state index in [1.807, 2.05) is 6.92 Å². The molecule has 0 aliphatic carbocycles. The van der Waals surface area contributed by atoms with Crippen LogP contribution >= 0.6 is 0 Å². The number of aryl methyl sites for hydroxylation is 1. The molecule has 0 aliphatic heterocycles. The van der Waals surface area contributed by atoms with Crippen LogP contribution in [0.2, 0.25) is 0 Å². The molecule has 0 aliphatic rings. The lowest BCUT2D eigenvalue weighted by atomic mass is 10.1. The van der Waals surface area contributed by atoms with E-state index in [0.717, 1.165) is 5.56 Å². The van der Waals surface area contributed by atoms with Crippen molar-refractivity contribution in [3.63, 3.8) is 0 Å². The lowest BCUT2D eigenvalue weighted by Crippen LogP contribution is -2.18. The number of carbonyl (C=O) groups excluding carboxylic acids is 1. The highest BCUT2D eigenvalue weighted by atomic mass is 16.5. The van der Waals surface area contributed by atoms with Gasteiger partial charge in [-0.25, -0.2) is 4.68 Å². The molecule has 0 saturated carbocycles. The van der Waals surface area contributed by atoms with Gasteiger partial charge >= 0.3 is 0 Å². The maximum Gasteiger partial charge on any atom is 0.260 e. The van der Waals surface area contributed by atoms with Gasteiger partial charge in [-0.15, -0.1) is 0 Å². The number of nitrogens with one attached hydrogen (secondary N) is 1. The third-order valence-electron chi connectivity index (χ3n) is 3.74. The normalized spacial score (nSPS) is 10.7. The summed E-state index contributed by atoms with van der Waals surface area (Å²) in [5.74, 6) is 2.15. The van der Waals surface area contributed by atoms with E-state index < -0.39 is 0 Å². The second kappa shape index (κ2) is 7.92. The smallest absolute Gasteiger partial charge is 0.260 e. The van der Waals surface area contributed by atoms with Gasteiger partial charge < -0.3 is 19.5 Å². The van der Waals surface area contributed by atoms with Gasteiger partial charge in [-0.3, -0.25) is 4.79 Å². The number of hydrogen-bond donors (Lipinski definition) is 1. The molecular weight excluding hydrogens is 322 g/mol. The van der Waals surface area contributed by atoms with Crippen molar-refractivity contribution < 1.29 is 19.0 Å². The highest BCUT2D eigenvalue weighted by Crippen LogP contribution is 2.35. The fourth-order valence-corrected chi connectivity index (χ4v) is 2.51. The first-order valence-corrected chi connectivity index (χ1v) is 8.05. The van der Waals surface area contributed by atoms with E-state index in [0.29, 0.717) is 41.1 Å². The molecule has 0 fully saturated rings. The Morgan fingerprint density at radius 2 is 1.72 bits per heavy atom. The van der Waals surface area contributed by atoms with E-state index in [4.69, 9.17) is 14.2 Å². The summed E-state index contributed by atoms with van der Waals surface area (Å²) in [7, 11) is 4.56. The van der Waals surface area contributed by atoms with Crippen LogP contribution < -0.4 is 19.5 Å². The van der Waals surface area contributed by atoms with Crippen LogP contribution in [0, 0.1) is 12.8 Å². The van der Waals surface area contributed by atoms with Gasteiger partial charge in [0.05, 0.1) is 33.1 Å². The number of methoxy groups -OCH3 is 3. The SMILES string of the molecule is COc1cc(OC)c(C(=O)Nc2c(C)cnn2CC(C)C)cc1OC. The predicted molar refractivity (Wildman–Crippen MR) is 95.9 cm³/mol. The Morgan fingerprint density at radius 1 is 1.12 bits per heavy atom. The summed E-state index contributed by atoms with van der Waals surface area (Å²) in [5, 5.41) is 7.26. The molecule has 1 N–H and O–H groups in total. The van der Waals surface area contributed by atoms with E-state index >= 15 is 0 Å². The quantitative estimate of drug-likeness (QED) is 0.833. The molecule has 2 aromatic rings.